The zero-order valence-corrected chi connectivity index (χ0v) is 12.4. The monoisotopic (exact) mass is 267 g/mol. The second-order valence-electron chi connectivity index (χ2n) is 7.23. The van der Waals surface area contributed by atoms with E-state index in [-0.39, 0.29) is 5.60 Å². The van der Waals surface area contributed by atoms with Gasteiger partial charge in [-0.3, -0.25) is 0 Å². The SMILES string of the molecule is CN(CC1(O)CCCC1)C1CCOC2(CCCC2)C1. The Labute approximate surface area is 117 Å². The van der Waals surface area contributed by atoms with E-state index in [1.165, 1.54) is 44.9 Å². The zero-order valence-electron chi connectivity index (χ0n) is 12.4. The standard InChI is InChI=1S/C16H29NO2/c1-17(13-15(18)7-2-3-8-15)14-6-11-19-16(12-14)9-4-5-10-16/h14,18H,2-13H2,1H3. The molecule has 1 atom stereocenters. The van der Waals surface area contributed by atoms with E-state index in [2.05, 4.69) is 11.9 Å². The molecule has 0 amide bonds. The fourth-order valence-electron chi connectivity index (χ4n) is 4.53. The molecule has 0 aromatic rings. The summed E-state index contributed by atoms with van der Waals surface area (Å²) in [6.45, 7) is 1.77. The molecule has 0 aromatic heterocycles. The summed E-state index contributed by atoms with van der Waals surface area (Å²) < 4.78 is 6.11. The van der Waals surface area contributed by atoms with E-state index >= 15 is 0 Å². The second-order valence-corrected chi connectivity index (χ2v) is 7.23. The Hall–Kier alpha value is -0.120. The molecule has 3 nitrogen and oxygen atoms in total. The minimum absolute atomic E-state index is 0.190. The Morgan fingerprint density at radius 3 is 2.42 bits per heavy atom. The molecule has 110 valence electrons. The topological polar surface area (TPSA) is 32.7 Å². The first kappa shape index (κ1) is 13.8. The van der Waals surface area contributed by atoms with Gasteiger partial charge in [-0.15, -0.1) is 0 Å². The highest BCUT2D eigenvalue weighted by atomic mass is 16.5. The highest BCUT2D eigenvalue weighted by molar-refractivity contribution is 4.95. The van der Waals surface area contributed by atoms with Gasteiger partial charge < -0.3 is 14.7 Å². The molecule has 2 saturated carbocycles. The van der Waals surface area contributed by atoms with Crippen molar-refractivity contribution in [3.63, 3.8) is 0 Å². The van der Waals surface area contributed by atoms with Crippen LogP contribution in [0.2, 0.25) is 0 Å². The maximum Gasteiger partial charge on any atom is 0.0774 e. The normalized spacial score (nSPS) is 33.3. The number of rotatable bonds is 3. The van der Waals surface area contributed by atoms with Gasteiger partial charge in [-0.25, -0.2) is 0 Å². The Morgan fingerprint density at radius 1 is 1.11 bits per heavy atom. The Balaban J connectivity index is 1.58. The molecule has 3 rings (SSSR count). The van der Waals surface area contributed by atoms with Crippen LogP contribution in [-0.2, 0) is 4.74 Å². The lowest BCUT2D eigenvalue weighted by Crippen LogP contribution is -2.50. The van der Waals surface area contributed by atoms with Crippen LogP contribution in [0.5, 0.6) is 0 Å². The van der Waals surface area contributed by atoms with Crippen LogP contribution in [0.25, 0.3) is 0 Å². The van der Waals surface area contributed by atoms with Crippen molar-refractivity contribution < 1.29 is 9.84 Å². The molecule has 0 radical (unpaired) electrons. The van der Waals surface area contributed by atoms with E-state index in [1.807, 2.05) is 0 Å². The van der Waals surface area contributed by atoms with Crippen molar-refractivity contribution in [2.75, 3.05) is 20.2 Å². The zero-order chi connectivity index (χ0) is 13.3. The first-order valence-electron chi connectivity index (χ1n) is 8.18. The number of likely N-dealkylation sites (N-methyl/N-ethyl adjacent to an activating group) is 1. The molecule has 2 aliphatic carbocycles. The Morgan fingerprint density at radius 2 is 1.74 bits per heavy atom. The van der Waals surface area contributed by atoms with Crippen LogP contribution in [-0.4, -0.2) is 47.4 Å². The van der Waals surface area contributed by atoms with Gasteiger partial charge in [-0.2, -0.15) is 0 Å². The Bertz CT molecular complexity index is 306. The molecule has 0 bridgehead atoms. The van der Waals surface area contributed by atoms with Crippen molar-refractivity contribution in [3.8, 4) is 0 Å². The average Bonchev–Trinajstić information content (AvgIpc) is 3.00. The van der Waals surface area contributed by atoms with E-state index in [1.54, 1.807) is 0 Å². The lowest BCUT2D eigenvalue weighted by molar-refractivity contribution is -0.107. The lowest BCUT2D eigenvalue weighted by atomic mass is 9.87. The van der Waals surface area contributed by atoms with E-state index < -0.39 is 5.60 Å². The minimum atomic E-state index is -0.407. The van der Waals surface area contributed by atoms with Gasteiger partial charge in [0, 0.05) is 19.2 Å². The van der Waals surface area contributed by atoms with E-state index in [9.17, 15) is 5.11 Å². The lowest BCUT2D eigenvalue weighted by Gasteiger charge is -2.43. The van der Waals surface area contributed by atoms with Crippen LogP contribution in [0.4, 0.5) is 0 Å². The van der Waals surface area contributed by atoms with Gasteiger partial charge >= 0.3 is 0 Å². The third kappa shape index (κ3) is 2.98. The predicted molar refractivity (Wildman–Crippen MR) is 76.2 cm³/mol. The summed E-state index contributed by atoms with van der Waals surface area (Å²) in [7, 11) is 2.20. The van der Waals surface area contributed by atoms with Crippen LogP contribution in [0.1, 0.15) is 64.2 Å². The quantitative estimate of drug-likeness (QED) is 0.853. The van der Waals surface area contributed by atoms with E-state index in [0.717, 1.165) is 32.4 Å². The largest absolute Gasteiger partial charge is 0.389 e. The third-order valence-electron chi connectivity index (χ3n) is 5.68. The van der Waals surface area contributed by atoms with Crippen molar-refractivity contribution in [2.45, 2.75) is 81.5 Å². The van der Waals surface area contributed by atoms with Crippen LogP contribution in [0, 0.1) is 0 Å². The number of hydrogen-bond donors (Lipinski definition) is 1. The molecule has 3 aliphatic rings. The molecule has 1 spiro atoms. The summed E-state index contributed by atoms with van der Waals surface area (Å²) >= 11 is 0. The number of nitrogens with zero attached hydrogens (tertiary/aromatic N) is 1. The maximum atomic E-state index is 10.6. The molecule has 3 fully saturated rings. The van der Waals surface area contributed by atoms with Gasteiger partial charge in [0.2, 0.25) is 0 Å². The van der Waals surface area contributed by atoms with Crippen molar-refractivity contribution in [1.82, 2.24) is 4.90 Å². The molecule has 1 heterocycles. The highest BCUT2D eigenvalue weighted by Gasteiger charge is 2.42. The van der Waals surface area contributed by atoms with Gasteiger partial charge in [-0.1, -0.05) is 25.7 Å². The van der Waals surface area contributed by atoms with Gasteiger partial charge in [0.25, 0.3) is 0 Å². The van der Waals surface area contributed by atoms with Gasteiger partial charge in [0.15, 0.2) is 0 Å². The van der Waals surface area contributed by atoms with Crippen LogP contribution in [0.3, 0.4) is 0 Å². The summed E-state index contributed by atoms with van der Waals surface area (Å²) in [5.41, 5.74) is -0.217. The first-order valence-corrected chi connectivity index (χ1v) is 8.18. The first-order chi connectivity index (χ1) is 9.11. The third-order valence-corrected chi connectivity index (χ3v) is 5.68. The molecule has 0 aromatic carbocycles. The Kier molecular flexibility index (Phi) is 3.89. The summed E-state index contributed by atoms with van der Waals surface area (Å²) in [4.78, 5) is 2.42. The van der Waals surface area contributed by atoms with Gasteiger partial charge in [0.1, 0.15) is 0 Å². The highest BCUT2D eigenvalue weighted by Crippen LogP contribution is 2.41. The molecule has 1 N–H and O–H groups in total. The molecule has 1 unspecified atom stereocenters. The van der Waals surface area contributed by atoms with Crippen molar-refractivity contribution in [1.29, 1.82) is 0 Å². The number of aliphatic hydroxyl groups is 1. The predicted octanol–water partition coefficient (Wildman–Crippen LogP) is 2.72. The van der Waals surface area contributed by atoms with Crippen LogP contribution >= 0.6 is 0 Å². The number of ether oxygens (including phenoxy) is 1. The molecular formula is C16H29NO2. The molecular weight excluding hydrogens is 238 g/mol. The van der Waals surface area contributed by atoms with Gasteiger partial charge in [-0.05, 0) is 45.6 Å². The van der Waals surface area contributed by atoms with E-state index in [4.69, 9.17) is 4.74 Å². The summed E-state index contributed by atoms with van der Waals surface area (Å²) in [6.07, 6.45) is 11.9. The fourth-order valence-corrected chi connectivity index (χ4v) is 4.53. The number of hydrogen-bond acceptors (Lipinski definition) is 3. The summed E-state index contributed by atoms with van der Waals surface area (Å²) in [5, 5.41) is 10.6. The smallest absolute Gasteiger partial charge is 0.0774 e. The average molecular weight is 267 g/mol. The molecule has 3 heteroatoms. The molecule has 1 aliphatic heterocycles. The van der Waals surface area contributed by atoms with Crippen molar-refractivity contribution in [3.05, 3.63) is 0 Å². The van der Waals surface area contributed by atoms with Gasteiger partial charge in [0.05, 0.1) is 11.2 Å². The second kappa shape index (κ2) is 5.34. The molecule has 19 heavy (non-hydrogen) atoms. The fraction of sp³-hybridized carbons (Fsp3) is 1.00. The minimum Gasteiger partial charge on any atom is -0.389 e. The van der Waals surface area contributed by atoms with Crippen molar-refractivity contribution >= 4 is 0 Å². The summed E-state index contributed by atoms with van der Waals surface area (Å²) in [5.74, 6) is 0. The van der Waals surface area contributed by atoms with Crippen LogP contribution < -0.4 is 0 Å². The summed E-state index contributed by atoms with van der Waals surface area (Å²) in [6, 6.07) is 0.608. The van der Waals surface area contributed by atoms with E-state index in [0.29, 0.717) is 6.04 Å². The maximum absolute atomic E-state index is 10.6. The van der Waals surface area contributed by atoms with Crippen LogP contribution in [0.15, 0.2) is 0 Å². The molecule has 1 saturated heterocycles. The van der Waals surface area contributed by atoms with Crippen molar-refractivity contribution in [2.24, 2.45) is 0 Å².